The Morgan fingerprint density at radius 3 is 2.82 bits per heavy atom. The summed E-state index contributed by atoms with van der Waals surface area (Å²) in [6.07, 6.45) is 0.873. The van der Waals surface area contributed by atoms with Crippen LogP contribution in [-0.2, 0) is 17.3 Å². The van der Waals surface area contributed by atoms with E-state index in [2.05, 4.69) is 5.73 Å². The molecule has 2 N–H and O–H groups in total. The first-order valence-electron chi connectivity index (χ1n) is 11.0. The molecule has 4 atom stereocenters. The fourth-order valence-electron chi connectivity index (χ4n) is 4.10. The molecule has 1 aromatic carbocycles. The molecule has 0 aliphatic heterocycles. The van der Waals surface area contributed by atoms with Gasteiger partial charge in [0, 0.05) is 16.2 Å². The fourth-order valence-corrected chi connectivity index (χ4v) is 5.52. The second-order valence-electron chi connectivity index (χ2n) is 8.18. The molecule has 0 saturated heterocycles. The van der Waals surface area contributed by atoms with Crippen LogP contribution < -0.4 is 0 Å². The molecule has 1 aromatic heterocycles. The zero-order valence-electron chi connectivity index (χ0n) is 18.3. The smallest absolute Gasteiger partial charge is 0.416 e. The molecule has 3 rings (SSSR count). The third-order valence-electron chi connectivity index (χ3n) is 5.77. The Morgan fingerprint density at radius 1 is 1.29 bits per heavy atom. The topological polar surface area (TPSA) is 66.8 Å². The van der Waals surface area contributed by atoms with Crippen LogP contribution in [0.4, 0.5) is 13.2 Å². The number of ether oxygens (including phenoxy) is 1. The van der Waals surface area contributed by atoms with Crippen LogP contribution in [0.5, 0.6) is 0 Å². The number of hydrogen-bond donors (Lipinski definition) is 2. The Morgan fingerprint density at radius 2 is 2.09 bits per heavy atom. The molecule has 1 heterocycles. The van der Waals surface area contributed by atoms with E-state index in [1.165, 1.54) is 23.5 Å². The van der Waals surface area contributed by atoms with E-state index in [9.17, 15) is 23.1 Å². The maximum atomic E-state index is 12.9. The van der Waals surface area contributed by atoms with Crippen LogP contribution in [0.3, 0.4) is 0 Å². The van der Waals surface area contributed by atoms with Gasteiger partial charge in [0.05, 0.1) is 18.3 Å². The molecule has 1 fully saturated rings. The maximum Gasteiger partial charge on any atom is 0.416 e. The van der Waals surface area contributed by atoms with Gasteiger partial charge in [0.15, 0.2) is 0 Å². The van der Waals surface area contributed by atoms with Crippen LogP contribution in [0.15, 0.2) is 48.2 Å². The molecule has 184 valence electrons. The molecule has 2 aromatic rings. The number of hydrogen-bond acceptors (Lipinski definition) is 5. The molecule has 0 spiro atoms. The number of halogens is 4. The predicted octanol–water partition coefficient (Wildman–Crippen LogP) is 5.71. The van der Waals surface area contributed by atoms with E-state index in [4.69, 9.17) is 21.4 Å². The highest BCUT2D eigenvalue weighted by molar-refractivity contribution is 7.13. The molecule has 9 heteroatoms. The Bertz CT molecular complexity index is 1030. The summed E-state index contributed by atoms with van der Waals surface area (Å²) >= 11 is 7.84. The van der Waals surface area contributed by atoms with Crippen molar-refractivity contribution in [2.45, 2.75) is 43.3 Å². The number of aliphatic hydroxyl groups excluding tert-OH is 2. The fraction of sp³-hybridized carbons (Fsp3) is 0.440. The van der Waals surface area contributed by atoms with Crippen molar-refractivity contribution < 1.29 is 32.9 Å². The van der Waals surface area contributed by atoms with Gasteiger partial charge in [0.1, 0.15) is 11.5 Å². The Labute approximate surface area is 205 Å². The lowest BCUT2D eigenvalue weighted by Crippen LogP contribution is -2.18. The van der Waals surface area contributed by atoms with E-state index in [1.54, 1.807) is 18.2 Å². The second-order valence-corrected chi connectivity index (χ2v) is 9.91. The predicted molar refractivity (Wildman–Crippen MR) is 126 cm³/mol. The number of benzene rings is 1. The molecule has 1 saturated carbocycles. The van der Waals surface area contributed by atoms with E-state index >= 15 is 0 Å². The Balaban J connectivity index is 1.60. The highest BCUT2D eigenvalue weighted by Gasteiger charge is 2.39. The summed E-state index contributed by atoms with van der Waals surface area (Å²) in [4.78, 5) is 13.4. The standard InChI is InChI=1S/C25H26ClF3O4S/c26-21-15-22(31)20(9-2-5-16-4-1-6-17(14-16)25(27,28)29)19(21)8-3-7-18-10-11-23(34-18)24(32)33-13-12-30/h1,4-6,9-11,14,19-22,30-31H,3,7-8,12-13,15H2/t2?,19-,20?,21-,22-/m1/s1. The number of aryl methyl sites for hydroxylation is 1. The van der Waals surface area contributed by atoms with Gasteiger partial charge in [-0.15, -0.1) is 28.7 Å². The normalized spacial score (nSPS) is 22.3. The minimum Gasteiger partial charge on any atom is -0.459 e. The van der Waals surface area contributed by atoms with Gasteiger partial charge in [0.25, 0.3) is 0 Å². The molecular formula is C25H26ClF3O4S. The molecule has 1 unspecified atom stereocenters. The molecule has 34 heavy (non-hydrogen) atoms. The van der Waals surface area contributed by atoms with Crippen molar-refractivity contribution >= 4 is 35.0 Å². The van der Waals surface area contributed by atoms with E-state index in [1.807, 2.05) is 6.07 Å². The van der Waals surface area contributed by atoms with E-state index in [0.29, 0.717) is 16.9 Å². The van der Waals surface area contributed by atoms with Gasteiger partial charge in [0.2, 0.25) is 0 Å². The summed E-state index contributed by atoms with van der Waals surface area (Å²) in [5.74, 6) is -0.687. The molecule has 1 aliphatic rings. The average Bonchev–Trinajstić information content (AvgIpc) is 3.37. The van der Waals surface area contributed by atoms with Crippen molar-refractivity contribution in [1.29, 1.82) is 0 Å². The number of carbonyl (C=O) groups excluding carboxylic acids is 1. The van der Waals surface area contributed by atoms with Crippen molar-refractivity contribution in [3.63, 3.8) is 0 Å². The van der Waals surface area contributed by atoms with Gasteiger partial charge in [-0.3, -0.25) is 0 Å². The zero-order chi connectivity index (χ0) is 24.7. The molecule has 4 nitrogen and oxygen atoms in total. The maximum absolute atomic E-state index is 12.9. The van der Waals surface area contributed by atoms with Gasteiger partial charge in [-0.1, -0.05) is 12.1 Å². The first kappa shape index (κ1) is 26.5. The van der Waals surface area contributed by atoms with Crippen molar-refractivity contribution in [3.05, 3.63) is 69.1 Å². The lowest BCUT2D eigenvalue weighted by Gasteiger charge is -2.19. The third-order valence-corrected chi connectivity index (χ3v) is 7.40. The van der Waals surface area contributed by atoms with Gasteiger partial charge in [-0.25, -0.2) is 4.79 Å². The van der Waals surface area contributed by atoms with Crippen LogP contribution in [0.2, 0.25) is 0 Å². The summed E-state index contributed by atoms with van der Waals surface area (Å²) in [5.41, 5.74) is 2.60. The minimum absolute atomic E-state index is 0.00743. The molecule has 0 amide bonds. The van der Waals surface area contributed by atoms with Crippen molar-refractivity contribution in [2.24, 2.45) is 11.8 Å². The third kappa shape index (κ3) is 7.20. The highest BCUT2D eigenvalue weighted by Crippen LogP contribution is 2.40. The number of thiophene rings is 1. The monoisotopic (exact) mass is 514 g/mol. The average molecular weight is 515 g/mol. The van der Waals surface area contributed by atoms with E-state index < -0.39 is 23.8 Å². The van der Waals surface area contributed by atoms with Crippen LogP contribution in [0, 0.1) is 11.8 Å². The summed E-state index contributed by atoms with van der Waals surface area (Å²) in [7, 11) is 0. The largest absolute Gasteiger partial charge is 0.459 e. The molecule has 0 radical (unpaired) electrons. The lowest BCUT2D eigenvalue weighted by atomic mass is 9.89. The van der Waals surface area contributed by atoms with Crippen LogP contribution in [0.1, 0.15) is 44.9 Å². The quantitative estimate of drug-likeness (QED) is 0.255. The van der Waals surface area contributed by atoms with Crippen molar-refractivity contribution in [1.82, 2.24) is 0 Å². The second kappa shape index (κ2) is 12.0. The number of rotatable bonds is 9. The van der Waals surface area contributed by atoms with Crippen molar-refractivity contribution in [3.8, 4) is 0 Å². The summed E-state index contributed by atoms with van der Waals surface area (Å²) in [6, 6.07) is 8.57. The van der Waals surface area contributed by atoms with Gasteiger partial charge < -0.3 is 14.9 Å². The van der Waals surface area contributed by atoms with Crippen LogP contribution in [0.25, 0.3) is 6.08 Å². The van der Waals surface area contributed by atoms with Gasteiger partial charge in [-0.05, 0) is 73.6 Å². The SMILES string of the molecule is O=C(OCCO)c1ccc(CCC[C@@H]2C(C=C=Cc3cccc(C(F)(F)F)c3)[C@H](O)C[C@H]2Cl)s1. The van der Waals surface area contributed by atoms with Crippen LogP contribution in [-0.4, -0.2) is 40.9 Å². The highest BCUT2D eigenvalue weighted by atomic mass is 35.5. The first-order chi connectivity index (χ1) is 16.2. The van der Waals surface area contributed by atoms with Gasteiger partial charge >= 0.3 is 12.1 Å². The zero-order valence-corrected chi connectivity index (χ0v) is 19.9. The number of carbonyl (C=O) groups is 1. The molecule has 1 aliphatic carbocycles. The summed E-state index contributed by atoms with van der Waals surface area (Å²) in [6.45, 7) is -0.258. The number of aliphatic hydroxyl groups is 2. The summed E-state index contributed by atoms with van der Waals surface area (Å²) in [5, 5.41) is 19.0. The first-order valence-corrected chi connectivity index (χ1v) is 12.2. The lowest BCUT2D eigenvalue weighted by molar-refractivity contribution is -0.137. The minimum atomic E-state index is -4.41. The van der Waals surface area contributed by atoms with E-state index in [0.717, 1.165) is 36.3 Å². The molecular weight excluding hydrogens is 489 g/mol. The Hall–Kier alpha value is -2.09. The van der Waals surface area contributed by atoms with Gasteiger partial charge in [-0.2, -0.15) is 13.2 Å². The number of esters is 1. The number of alkyl halides is 4. The summed E-state index contributed by atoms with van der Waals surface area (Å²) < 4.78 is 43.6. The van der Waals surface area contributed by atoms with Crippen LogP contribution >= 0.6 is 22.9 Å². The molecule has 0 bridgehead atoms. The van der Waals surface area contributed by atoms with Crippen molar-refractivity contribution in [2.75, 3.05) is 13.2 Å². The Kier molecular flexibility index (Phi) is 9.39. The van der Waals surface area contributed by atoms with E-state index in [-0.39, 0.29) is 30.4 Å².